The van der Waals surface area contributed by atoms with E-state index in [0.29, 0.717) is 17.8 Å². The van der Waals surface area contributed by atoms with E-state index in [2.05, 4.69) is 266 Å². The molecule has 16 rings (SSSR count). The van der Waals surface area contributed by atoms with Crippen LogP contribution >= 0.6 is 0 Å². The first-order valence-electron chi connectivity index (χ1n) is 32.3. The summed E-state index contributed by atoms with van der Waals surface area (Å²) < 4.78 is 0. The highest BCUT2D eigenvalue weighted by Crippen LogP contribution is 2.45. The predicted molar refractivity (Wildman–Crippen MR) is 370 cm³/mol. The van der Waals surface area contributed by atoms with Crippen molar-refractivity contribution in [3.8, 4) is 0 Å². The minimum Gasteiger partial charge on any atom is -0.0649 e. The lowest BCUT2D eigenvalue weighted by molar-refractivity contribution is 0.771. The lowest BCUT2D eigenvalue weighted by Gasteiger charge is -2.14. The summed E-state index contributed by atoms with van der Waals surface area (Å²) in [6, 6.07) is 70.6. The van der Waals surface area contributed by atoms with Crippen LogP contribution in [0.4, 0.5) is 0 Å². The van der Waals surface area contributed by atoms with Crippen molar-refractivity contribution in [3.63, 3.8) is 0 Å². The molecule has 0 spiro atoms. The van der Waals surface area contributed by atoms with Crippen molar-refractivity contribution >= 4 is 47.1 Å². The fraction of sp³-hybridized carbons (Fsp3) is 0.256. The molecule has 8 aromatic rings. The first-order valence-corrected chi connectivity index (χ1v) is 32.3. The largest absolute Gasteiger partial charge is 0.0649 e. The number of rotatable bonds is 12. The van der Waals surface area contributed by atoms with Crippen molar-refractivity contribution < 1.29 is 0 Å². The summed E-state index contributed by atoms with van der Waals surface area (Å²) in [4.78, 5) is 0. The van der Waals surface area contributed by atoms with E-state index >= 15 is 0 Å². The Hall–Kier alpha value is -8.32. The van der Waals surface area contributed by atoms with Crippen LogP contribution in [0.3, 0.4) is 0 Å². The van der Waals surface area contributed by atoms with Crippen LogP contribution in [0.2, 0.25) is 0 Å². The Bertz CT molecular complexity index is 3960. The Morgan fingerprint density at radius 1 is 0.256 bits per heavy atom. The number of hydrogen-bond donors (Lipinski definition) is 0. The van der Waals surface area contributed by atoms with Gasteiger partial charge in [0.25, 0.3) is 0 Å². The van der Waals surface area contributed by atoms with Crippen molar-refractivity contribution in [2.45, 2.75) is 143 Å². The van der Waals surface area contributed by atoms with Gasteiger partial charge in [0.1, 0.15) is 0 Å². The molecule has 0 fully saturated rings. The Labute approximate surface area is 514 Å². The van der Waals surface area contributed by atoms with Crippen LogP contribution in [0.25, 0.3) is 47.1 Å². The molecule has 8 aliphatic rings. The second kappa shape index (κ2) is 25.3. The molecule has 8 aliphatic carbocycles. The summed E-state index contributed by atoms with van der Waals surface area (Å²) in [7, 11) is 0. The summed E-state index contributed by atoms with van der Waals surface area (Å²) in [5.74, 6) is 1.74. The minimum absolute atomic E-state index is 0.580. The van der Waals surface area contributed by atoms with E-state index in [4.69, 9.17) is 0 Å². The third-order valence-electron chi connectivity index (χ3n) is 20.7. The molecule has 0 heteroatoms. The molecule has 0 nitrogen and oxygen atoms in total. The average molecular weight is 1120 g/mol. The first-order chi connectivity index (χ1) is 42.1. The van der Waals surface area contributed by atoms with E-state index in [1.54, 1.807) is 44.6 Å². The van der Waals surface area contributed by atoms with Gasteiger partial charge >= 0.3 is 0 Å². The van der Waals surface area contributed by atoms with Crippen LogP contribution in [0.15, 0.2) is 239 Å². The molecule has 0 radical (unpaired) electrons. The smallest absolute Gasteiger partial charge is 0.00291 e. The van der Waals surface area contributed by atoms with Crippen molar-refractivity contribution in [1.29, 1.82) is 0 Å². The highest BCUT2D eigenvalue weighted by Gasteiger charge is 2.27. The topological polar surface area (TPSA) is 0 Å². The summed E-state index contributed by atoms with van der Waals surface area (Å²) in [6.45, 7) is 13.9. The molecule has 0 aliphatic heterocycles. The van der Waals surface area contributed by atoms with Gasteiger partial charge in [-0.25, -0.2) is 0 Å². The molecular formula is C86H84. The number of allylic oxidation sites excluding steroid dienone is 11. The summed E-state index contributed by atoms with van der Waals surface area (Å²) in [5, 5.41) is 0. The van der Waals surface area contributed by atoms with E-state index in [1.165, 1.54) is 157 Å². The second-order valence-corrected chi connectivity index (χ2v) is 25.8. The molecule has 428 valence electrons. The molecule has 0 bridgehead atoms. The van der Waals surface area contributed by atoms with Gasteiger partial charge in [-0.3, -0.25) is 0 Å². The van der Waals surface area contributed by atoms with Gasteiger partial charge in [0.2, 0.25) is 0 Å². The van der Waals surface area contributed by atoms with Crippen molar-refractivity contribution in [2.24, 2.45) is 0 Å². The standard InChI is InChI=1S/3C22H22.C20H18/c3*1-15-17(13-19-7-3-5-9-21(15)19)11-12-18-14-20-8-4-6-10-22(20)16(18)2;1-2-6-18-12-15(11-17(18)5-1)9-10-16-13-19-7-3-4-8-20(19)14-16/h3-10H,11-14H2,1-2H3;3-10,13,15H,11-12,14H2,1-2H3;3-10,13-16H,11-12H2,1-2H3;1-8,11,13H,9-10,12,14H2. The zero-order valence-corrected chi connectivity index (χ0v) is 51.8. The highest BCUT2D eigenvalue weighted by atomic mass is 14.3. The second-order valence-electron chi connectivity index (χ2n) is 25.8. The average Bonchev–Trinajstić information content (AvgIpc) is 4.03. The van der Waals surface area contributed by atoms with Crippen molar-refractivity contribution in [2.75, 3.05) is 0 Å². The SMILES string of the molecule is C1=C(CCC2=Cc3ccccc3C2)Cc2ccccc21.CC1=C(CCC2=C(C)c3ccccc3C2)Cc2ccccc21.CC1=C(CCC2=Cc3ccccc3C2C)Cc2ccccc21.CC1C(CCC2=Cc3ccccc3C2C)=Cc2ccccc21. The molecule has 0 saturated heterocycles. The lowest BCUT2D eigenvalue weighted by Crippen LogP contribution is -1.97. The Kier molecular flexibility index (Phi) is 16.7. The van der Waals surface area contributed by atoms with Gasteiger partial charge in [0, 0.05) is 17.8 Å². The fourth-order valence-electron chi connectivity index (χ4n) is 15.4. The predicted octanol–water partition coefficient (Wildman–Crippen LogP) is 23.0. The third kappa shape index (κ3) is 12.0. The summed E-state index contributed by atoms with van der Waals surface area (Å²) in [5.41, 5.74) is 40.9. The number of hydrogen-bond acceptors (Lipinski definition) is 0. The van der Waals surface area contributed by atoms with Gasteiger partial charge in [-0.2, -0.15) is 0 Å². The quantitative estimate of drug-likeness (QED) is 0.114. The van der Waals surface area contributed by atoms with Gasteiger partial charge < -0.3 is 0 Å². The molecule has 0 saturated carbocycles. The van der Waals surface area contributed by atoms with Crippen LogP contribution in [-0.4, -0.2) is 0 Å². The van der Waals surface area contributed by atoms with Crippen molar-refractivity contribution in [3.05, 3.63) is 328 Å². The maximum absolute atomic E-state index is 2.41. The van der Waals surface area contributed by atoms with Crippen LogP contribution in [0.1, 0.15) is 200 Å². The van der Waals surface area contributed by atoms with E-state index in [1.807, 2.05) is 0 Å². The van der Waals surface area contributed by atoms with E-state index in [9.17, 15) is 0 Å². The van der Waals surface area contributed by atoms with E-state index in [-0.39, 0.29) is 0 Å². The molecule has 0 heterocycles. The zero-order chi connectivity index (χ0) is 58.7. The van der Waals surface area contributed by atoms with Crippen LogP contribution in [0.5, 0.6) is 0 Å². The van der Waals surface area contributed by atoms with Gasteiger partial charge in [-0.15, -0.1) is 0 Å². The van der Waals surface area contributed by atoms with Crippen LogP contribution < -0.4 is 0 Å². The molecule has 3 unspecified atom stereocenters. The summed E-state index contributed by atoms with van der Waals surface area (Å²) in [6.07, 6.45) is 27.3. The van der Waals surface area contributed by atoms with Gasteiger partial charge in [0.15, 0.2) is 0 Å². The molecule has 0 amide bonds. The molecule has 86 heavy (non-hydrogen) atoms. The highest BCUT2D eigenvalue weighted by molar-refractivity contribution is 5.78. The van der Waals surface area contributed by atoms with Gasteiger partial charge in [0.05, 0.1) is 0 Å². The zero-order valence-electron chi connectivity index (χ0n) is 51.8. The van der Waals surface area contributed by atoms with Gasteiger partial charge in [-0.1, -0.05) is 290 Å². The Balaban J connectivity index is 0.000000106. The Morgan fingerprint density at radius 3 is 0.837 bits per heavy atom. The number of fused-ring (bicyclic) bond motifs is 8. The third-order valence-corrected chi connectivity index (χ3v) is 20.7. The molecule has 0 aromatic heterocycles. The lowest BCUT2D eigenvalue weighted by atomic mass is 9.90. The summed E-state index contributed by atoms with van der Waals surface area (Å²) >= 11 is 0. The molecule has 8 aromatic carbocycles. The molecule has 3 atom stereocenters. The first kappa shape index (κ1) is 56.8. The minimum atomic E-state index is 0.580. The van der Waals surface area contributed by atoms with Crippen LogP contribution in [0, 0.1) is 0 Å². The van der Waals surface area contributed by atoms with Crippen molar-refractivity contribution in [1.82, 2.24) is 0 Å². The van der Waals surface area contributed by atoms with Crippen LogP contribution in [-0.2, 0) is 32.1 Å². The maximum atomic E-state index is 2.41. The maximum Gasteiger partial charge on any atom is 0.00291 e. The monoisotopic (exact) mass is 1120 g/mol. The molecule has 0 N–H and O–H groups in total. The fourth-order valence-corrected chi connectivity index (χ4v) is 15.4. The van der Waals surface area contributed by atoms with E-state index in [0.717, 1.165) is 32.1 Å². The number of benzene rings is 8. The molecular weight excluding hydrogens is 1030 g/mol. The van der Waals surface area contributed by atoms with Gasteiger partial charge in [-0.05, 0) is 210 Å². The van der Waals surface area contributed by atoms with E-state index < -0.39 is 0 Å². The normalized spacial score (nSPS) is 18.3. The Morgan fingerprint density at radius 2 is 0.523 bits per heavy atom.